The molecule has 1 aromatic rings. The van der Waals surface area contributed by atoms with Crippen LogP contribution in [0.15, 0.2) is 18.2 Å². The fraction of sp³-hybridized carbons (Fsp3) is 0.200. The molecule has 0 aromatic heterocycles. The zero-order valence-corrected chi connectivity index (χ0v) is 9.97. The molecular formula is C10H8ClF3N2O3. The summed E-state index contributed by atoms with van der Waals surface area (Å²) in [5, 5.41) is 11.8. The van der Waals surface area contributed by atoms with Crippen LogP contribution in [0.1, 0.15) is 5.56 Å². The molecule has 0 unspecified atom stereocenters. The van der Waals surface area contributed by atoms with Crippen molar-refractivity contribution in [3.8, 4) is 0 Å². The van der Waals surface area contributed by atoms with Crippen LogP contribution in [0.5, 0.6) is 0 Å². The molecular weight excluding hydrogens is 289 g/mol. The lowest BCUT2D eigenvalue weighted by Crippen LogP contribution is -2.33. The number of aliphatic carboxylic acids is 1. The predicted octanol–water partition coefficient (Wildman–Crippen LogP) is 2.56. The minimum Gasteiger partial charge on any atom is -0.480 e. The van der Waals surface area contributed by atoms with Gasteiger partial charge >= 0.3 is 18.2 Å². The molecule has 2 amide bonds. The summed E-state index contributed by atoms with van der Waals surface area (Å²) >= 11 is 5.39. The third kappa shape index (κ3) is 4.66. The first-order valence-electron chi connectivity index (χ1n) is 4.83. The van der Waals surface area contributed by atoms with Crippen molar-refractivity contribution in [3.05, 3.63) is 28.8 Å². The molecule has 0 saturated heterocycles. The molecule has 1 aromatic carbocycles. The first-order valence-corrected chi connectivity index (χ1v) is 5.21. The minimum atomic E-state index is -4.65. The number of hydrogen-bond donors (Lipinski definition) is 3. The van der Waals surface area contributed by atoms with Gasteiger partial charge in [-0.1, -0.05) is 11.6 Å². The maximum Gasteiger partial charge on any atom is 0.417 e. The lowest BCUT2D eigenvalue weighted by molar-refractivity contribution is -0.137. The summed E-state index contributed by atoms with van der Waals surface area (Å²) in [4.78, 5) is 21.3. The second kappa shape index (κ2) is 5.79. The van der Waals surface area contributed by atoms with Crippen LogP contribution in [0.3, 0.4) is 0 Å². The highest BCUT2D eigenvalue weighted by atomic mass is 35.5. The smallest absolute Gasteiger partial charge is 0.417 e. The highest BCUT2D eigenvalue weighted by Gasteiger charge is 2.33. The number of urea groups is 1. The van der Waals surface area contributed by atoms with Gasteiger partial charge in [0.25, 0.3) is 0 Å². The molecule has 0 radical (unpaired) electrons. The number of benzene rings is 1. The average Bonchev–Trinajstić information content (AvgIpc) is 2.27. The molecule has 5 nitrogen and oxygen atoms in total. The summed E-state index contributed by atoms with van der Waals surface area (Å²) in [6.07, 6.45) is -4.65. The molecule has 0 saturated carbocycles. The Hall–Kier alpha value is -1.96. The lowest BCUT2D eigenvalue weighted by Gasteiger charge is -2.11. The molecule has 0 fully saturated rings. The Morgan fingerprint density at radius 3 is 2.47 bits per heavy atom. The van der Waals surface area contributed by atoms with Crippen LogP contribution in [-0.4, -0.2) is 23.7 Å². The van der Waals surface area contributed by atoms with Crippen LogP contribution in [0, 0.1) is 0 Å². The van der Waals surface area contributed by atoms with Gasteiger partial charge in [0.1, 0.15) is 6.54 Å². The molecule has 0 atom stereocenters. The van der Waals surface area contributed by atoms with Crippen molar-refractivity contribution < 1.29 is 27.9 Å². The molecule has 19 heavy (non-hydrogen) atoms. The molecule has 0 aliphatic rings. The fourth-order valence-corrected chi connectivity index (χ4v) is 1.38. The van der Waals surface area contributed by atoms with E-state index in [1.165, 1.54) is 0 Å². The summed E-state index contributed by atoms with van der Waals surface area (Å²) in [6, 6.07) is 1.87. The van der Waals surface area contributed by atoms with Gasteiger partial charge in [-0.2, -0.15) is 13.2 Å². The number of anilines is 1. The van der Waals surface area contributed by atoms with E-state index in [2.05, 4.69) is 5.32 Å². The number of carboxylic acids is 1. The number of carbonyl (C=O) groups is 2. The van der Waals surface area contributed by atoms with E-state index in [0.717, 1.165) is 12.1 Å². The maximum atomic E-state index is 12.5. The van der Waals surface area contributed by atoms with Crippen molar-refractivity contribution in [2.45, 2.75) is 6.18 Å². The predicted molar refractivity (Wildman–Crippen MR) is 61.1 cm³/mol. The molecule has 0 bridgehead atoms. The third-order valence-corrected chi connectivity index (χ3v) is 2.26. The Labute approximate surface area is 110 Å². The Bertz CT molecular complexity index is 505. The highest BCUT2D eigenvalue weighted by Crippen LogP contribution is 2.36. The van der Waals surface area contributed by atoms with E-state index >= 15 is 0 Å². The van der Waals surface area contributed by atoms with Crippen molar-refractivity contribution in [2.75, 3.05) is 11.9 Å². The van der Waals surface area contributed by atoms with Crippen LogP contribution in [0.2, 0.25) is 5.02 Å². The number of halogens is 4. The summed E-state index contributed by atoms with van der Waals surface area (Å²) < 4.78 is 37.6. The van der Waals surface area contributed by atoms with Gasteiger partial charge < -0.3 is 15.7 Å². The van der Waals surface area contributed by atoms with Gasteiger partial charge in [0, 0.05) is 5.69 Å². The molecule has 1 rings (SSSR count). The van der Waals surface area contributed by atoms with Crippen LogP contribution < -0.4 is 10.6 Å². The molecule has 0 aliphatic heterocycles. The van der Waals surface area contributed by atoms with Crippen molar-refractivity contribution in [1.29, 1.82) is 0 Å². The lowest BCUT2D eigenvalue weighted by atomic mass is 10.2. The van der Waals surface area contributed by atoms with Crippen molar-refractivity contribution in [1.82, 2.24) is 5.32 Å². The number of alkyl halides is 3. The van der Waals surface area contributed by atoms with Crippen LogP contribution in [0.4, 0.5) is 23.7 Å². The fourth-order valence-electron chi connectivity index (χ4n) is 1.15. The quantitative estimate of drug-likeness (QED) is 0.802. The van der Waals surface area contributed by atoms with Gasteiger partial charge in [0.2, 0.25) is 0 Å². The zero-order chi connectivity index (χ0) is 14.6. The van der Waals surface area contributed by atoms with E-state index in [9.17, 15) is 22.8 Å². The monoisotopic (exact) mass is 296 g/mol. The van der Waals surface area contributed by atoms with Crippen molar-refractivity contribution in [3.63, 3.8) is 0 Å². The van der Waals surface area contributed by atoms with Gasteiger partial charge in [-0.05, 0) is 18.2 Å². The number of carbonyl (C=O) groups excluding carboxylic acids is 1. The molecule has 0 heterocycles. The van der Waals surface area contributed by atoms with E-state index < -0.39 is 35.3 Å². The Balaban J connectivity index is 2.80. The average molecular weight is 297 g/mol. The summed E-state index contributed by atoms with van der Waals surface area (Å²) in [5.41, 5.74) is -1.25. The molecule has 9 heteroatoms. The Kier molecular flexibility index (Phi) is 4.60. The van der Waals surface area contributed by atoms with E-state index in [4.69, 9.17) is 16.7 Å². The summed E-state index contributed by atoms with van der Waals surface area (Å²) in [7, 11) is 0. The van der Waals surface area contributed by atoms with E-state index in [0.29, 0.717) is 6.07 Å². The number of nitrogens with one attached hydrogen (secondary N) is 2. The zero-order valence-electron chi connectivity index (χ0n) is 9.21. The highest BCUT2D eigenvalue weighted by molar-refractivity contribution is 6.31. The third-order valence-electron chi connectivity index (χ3n) is 1.93. The van der Waals surface area contributed by atoms with Crippen molar-refractivity contribution >= 4 is 29.3 Å². The molecule has 0 aliphatic carbocycles. The topological polar surface area (TPSA) is 78.4 Å². The van der Waals surface area contributed by atoms with Crippen LogP contribution >= 0.6 is 11.6 Å². The number of carboxylic acid groups (broad SMARTS) is 1. The van der Waals surface area contributed by atoms with E-state index in [-0.39, 0.29) is 5.69 Å². The molecule has 0 spiro atoms. The standard InChI is InChI=1S/C10H8ClF3N2O3/c11-7-2-1-5(3-6(7)10(12,13)14)16-9(19)15-4-8(17)18/h1-3H,4H2,(H,17,18)(H2,15,16,19). The Morgan fingerprint density at radius 2 is 1.95 bits per heavy atom. The van der Waals surface area contributed by atoms with Crippen LogP contribution in [-0.2, 0) is 11.0 Å². The molecule has 104 valence electrons. The largest absolute Gasteiger partial charge is 0.480 e. The van der Waals surface area contributed by atoms with Gasteiger partial charge in [0.15, 0.2) is 0 Å². The number of rotatable bonds is 3. The van der Waals surface area contributed by atoms with Crippen molar-refractivity contribution in [2.24, 2.45) is 0 Å². The normalized spacial score (nSPS) is 10.9. The maximum absolute atomic E-state index is 12.5. The van der Waals surface area contributed by atoms with Crippen LogP contribution in [0.25, 0.3) is 0 Å². The second-order valence-electron chi connectivity index (χ2n) is 3.39. The first-order chi connectivity index (χ1) is 8.70. The summed E-state index contributed by atoms with van der Waals surface area (Å²) in [5.74, 6) is -1.28. The van der Waals surface area contributed by atoms with E-state index in [1.54, 1.807) is 0 Å². The van der Waals surface area contributed by atoms with Gasteiger partial charge in [-0.3, -0.25) is 4.79 Å². The van der Waals surface area contributed by atoms with Gasteiger partial charge in [-0.25, -0.2) is 4.79 Å². The number of hydrogen-bond acceptors (Lipinski definition) is 2. The SMILES string of the molecule is O=C(O)CNC(=O)Nc1ccc(Cl)c(C(F)(F)F)c1. The first kappa shape index (κ1) is 15.1. The van der Waals surface area contributed by atoms with Gasteiger partial charge in [0.05, 0.1) is 10.6 Å². The van der Waals surface area contributed by atoms with E-state index in [1.807, 2.05) is 5.32 Å². The minimum absolute atomic E-state index is 0.153. The van der Waals surface area contributed by atoms with Gasteiger partial charge in [-0.15, -0.1) is 0 Å². The second-order valence-corrected chi connectivity index (χ2v) is 3.80. The Morgan fingerprint density at radius 1 is 1.32 bits per heavy atom. The number of amides is 2. The summed E-state index contributed by atoms with van der Waals surface area (Å²) in [6.45, 7) is -0.647. The molecule has 3 N–H and O–H groups in total.